The molecule has 2 rings (SSSR count). The molecule has 1 aromatic carbocycles. The molecule has 20 heavy (non-hydrogen) atoms. The van der Waals surface area contributed by atoms with Crippen molar-refractivity contribution in [3.05, 3.63) is 29.8 Å². The first-order valence-corrected chi connectivity index (χ1v) is 7.69. The zero-order valence-electron chi connectivity index (χ0n) is 12.8. The van der Waals surface area contributed by atoms with Crippen molar-refractivity contribution in [2.75, 3.05) is 12.4 Å². The van der Waals surface area contributed by atoms with Gasteiger partial charge in [0, 0.05) is 24.3 Å². The fourth-order valence-electron chi connectivity index (χ4n) is 3.03. The van der Waals surface area contributed by atoms with Gasteiger partial charge in [-0.2, -0.15) is 0 Å². The van der Waals surface area contributed by atoms with E-state index in [1.165, 1.54) is 25.7 Å². The van der Waals surface area contributed by atoms with Crippen molar-refractivity contribution < 1.29 is 4.79 Å². The van der Waals surface area contributed by atoms with Crippen LogP contribution in [0.2, 0.25) is 0 Å². The summed E-state index contributed by atoms with van der Waals surface area (Å²) < 4.78 is 0. The molecule has 0 atom stereocenters. The number of hydrogen-bond donors (Lipinski definition) is 2. The molecule has 0 aromatic heterocycles. The average molecular weight is 274 g/mol. The van der Waals surface area contributed by atoms with E-state index in [4.69, 9.17) is 0 Å². The molecule has 110 valence electrons. The molecule has 1 saturated carbocycles. The summed E-state index contributed by atoms with van der Waals surface area (Å²) in [7, 11) is 1.65. The Balaban J connectivity index is 1.87. The van der Waals surface area contributed by atoms with E-state index in [0.717, 1.165) is 17.5 Å². The molecule has 1 aliphatic carbocycles. The maximum atomic E-state index is 11.5. The van der Waals surface area contributed by atoms with Gasteiger partial charge in [0.05, 0.1) is 0 Å². The normalized spacial score (nSPS) is 22.6. The van der Waals surface area contributed by atoms with Gasteiger partial charge in [0.1, 0.15) is 0 Å². The highest BCUT2D eigenvalue weighted by Crippen LogP contribution is 2.31. The summed E-state index contributed by atoms with van der Waals surface area (Å²) in [5, 5.41) is 6.23. The van der Waals surface area contributed by atoms with Gasteiger partial charge in [-0.25, -0.2) is 0 Å². The summed E-state index contributed by atoms with van der Waals surface area (Å²) in [5.41, 5.74) is 1.83. The van der Waals surface area contributed by atoms with Crippen LogP contribution in [0.25, 0.3) is 0 Å². The van der Waals surface area contributed by atoms with Crippen LogP contribution < -0.4 is 10.6 Å². The van der Waals surface area contributed by atoms with E-state index < -0.39 is 0 Å². The molecule has 1 amide bonds. The smallest absolute Gasteiger partial charge is 0.251 e. The van der Waals surface area contributed by atoms with E-state index in [9.17, 15) is 4.79 Å². The fraction of sp³-hybridized carbons (Fsp3) is 0.588. The van der Waals surface area contributed by atoms with Gasteiger partial charge in [0.25, 0.3) is 5.91 Å². The summed E-state index contributed by atoms with van der Waals surface area (Å²) in [5.74, 6) is 1.67. The van der Waals surface area contributed by atoms with Gasteiger partial charge in [-0.3, -0.25) is 4.79 Å². The predicted molar refractivity (Wildman–Crippen MR) is 84.0 cm³/mol. The Morgan fingerprint density at radius 1 is 1.10 bits per heavy atom. The SMILES string of the molecule is CNC(=O)c1ccc(NC2CCC(C(C)C)CC2)cc1. The molecule has 0 aliphatic heterocycles. The van der Waals surface area contributed by atoms with Gasteiger partial charge in [-0.05, 0) is 61.8 Å². The fourth-order valence-corrected chi connectivity index (χ4v) is 3.03. The lowest BCUT2D eigenvalue weighted by Crippen LogP contribution is -2.27. The molecule has 1 aromatic rings. The van der Waals surface area contributed by atoms with Crippen molar-refractivity contribution in [1.82, 2.24) is 5.32 Å². The summed E-state index contributed by atoms with van der Waals surface area (Å²) in [6, 6.07) is 8.33. The first kappa shape index (κ1) is 14.9. The van der Waals surface area contributed by atoms with Crippen LogP contribution in [0.4, 0.5) is 5.69 Å². The van der Waals surface area contributed by atoms with E-state index in [-0.39, 0.29) is 5.91 Å². The van der Waals surface area contributed by atoms with E-state index >= 15 is 0 Å². The molecule has 0 bridgehead atoms. The van der Waals surface area contributed by atoms with Crippen LogP contribution in [0.1, 0.15) is 49.9 Å². The second-order valence-corrected chi connectivity index (χ2v) is 6.16. The lowest BCUT2D eigenvalue weighted by molar-refractivity contribution is 0.0963. The number of carbonyl (C=O) groups is 1. The minimum Gasteiger partial charge on any atom is -0.382 e. The topological polar surface area (TPSA) is 41.1 Å². The Kier molecular flexibility index (Phi) is 5.05. The first-order chi connectivity index (χ1) is 9.60. The number of rotatable bonds is 4. The first-order valence-electron chi connectivity index (χ1n) is 7.69. The van der Waals surface area contributed by atoms with Crippen LogP contribution >= 0.6 is 0 Å². The van der Waals surface area contributed by atoms with Gasteiger partial charge >= 0.3 is 0 Å². The van der Waals surface area contributed by atoms with E-state index in [0.29, 0.717) is 11.6 Å². The molecular formula is C17H26N2O. The monoisotopic (exact) mass is 274 g/mol. The number of amides is 1. The largest absolute Gasteiger partial charge is 0.382 e. The van der Waals surface area contributed by atoms with E-state index in [1.54, 1.807) is 7.05 Å². The van der Waals surface area contributed by atoms with Crippen LogP contribution in [0.15, 0.2) is 24.3 Å². The minimum atomic E-state index is -0.0333. The van der Waals surface area contributed by atoms with Crippen molar-refractivity contribution in [2.24, 2.45) is 11.8 Å². The number of hydrogen-bond acceptors (Lipinski definition) is 2. The summed E-state index contributed by atoms with van der Waals surface area (Å²) >= 11 is 0. The third-order valence-electron chi connectivity index (χ3n) is 4.46. The summed E-state index contributed by atoms with van der Waals surface area (Å²) in [6.07, 6.45) is 5.15. The Morgan fingerprint density at radius 3 is 2.20 bits per heavy atom. The number of carbonyl (C=O) groups excluding carboxylic acids is 1. The third-order valence-corrected chi connectivity index (χ3v) is 4.46. The zero-order valence-corrected chi connectivity index (χ0v) is 12.8. The maximum Gasteiger partial charge on any atom is 0.251 e. The molecule has 1 aliphatic rings. The highest BCUT2D eigenvalue weighted by molar-refractivity contribution is 5.94. The second kappa shape index (κ2) is 6.78. The van der Waals surface area contributed by atoms with E-state index in [2.05, 4.69) is 24.5 Å². The van der Waals surface area contributed by atoms with E-state index in [1.807, 2.05) is 24.3 Å². The quantitative estimate of drug-likeness (QED) is 0.879. The van der Waals surface area contributed by atoms with Gasteiger partial charge in [-0.1, -0.05) is 13.8 Å². The van der Waals surface area contributed by atoms with Crippen molar-refractivity contribution in [1.29, 1.82) is 0 Å². The molecular weight excluding hydrogens is 248 g/mol. The van der Waals surface area contributed by atoms with Gasteiger partial charge in [0.15, 0.2) is 0 Å². The highest BCUT2D eigenvalue weighted by Gasteiger charge is 2.22. The van der Waals surface area contributed by atoms with Crippen LogP contribution in [0.3, 0.4) is 0 Å². The molecule has 0 spiro atoms. The van der Waals surface area contributed by atoms with Crippen LogP contribution in [-0.2, 0) is 0 Å². The molecule has 0 saturated heterocycles. The zero-order chi connectivity index (χ0) is 14.5. The number of anilines is 1. The van der Waals surface area contributed by atoms with Crippen molar-refractivity contribution in [3.8, 4) is 0 Å². The molecule has 0 unspecified atom stereocenters. The number of benzene rings is 1. The van der Waals surface area contributed by atoms with Gasteiger partial charge < -0.3 is 10.6 Å². The predicted octanol–water partition coefficient (Wildman–Crippen LogP) is 3.67. The molecule has 3 heteroatoms. The summed E-state index contributed by atoms with van der Waals surface area (Å²) in [6.45, 7) is 4.66. The molecule has 0 heterocycles. The maximum absolute atomic E-state index is 11.5. The lowest BCUT2D eigenvalue weighted by atomic mass is 9.79. The molecule has 0 radical (unpaired) electrons. The minimum absolute atomic E-state index is 0.0333. The third kappa shape index (κ3) is 3.75. The Bertz CT molecular complexity index is 431. The molecule has 1 fully saturated rings. The second-order valence-electron chi connectivity index (χ2n) is 6.16. The Hall–Kier alpha value is -1.51. The summed E-state index contributed by atoms with van der Waals surface area (Å²) in [4.78, 5) is 11.5. The lowest BCUT2D eigenvalue weighted by Gasteiger charge is -2.31. The van der Waals surface area contributed by atoms with Crippen molar-refractivity contribution in [2.45, 2.75) is 45.6 Å². The molecule has 3 nitrogen and oxygen atoms in total. The van der Waals surface area contributed by atoms with Gasteiger partial charge in [0.2, 0.25) is 0 Å². The van der Waals surface area contributed by atoms with Crippen molar-refractivity contribution in [3.63, 3.8) is 0 Å². The highest BCUT2D eigenvalue weighted by atomic mass is 16.1. The van der Waals surface area contributed by atoms with Crippen LogP contribution in [0, 0.1) is 11.8 Å². The van der Waals surface area contributed by atoms with Crippen molar-refractivity contribution >= 4 is 11.6 Å². The number of nitrogens with one attached hydrogen (secondary N) is 2. The standard InChI is InChI=1S/C17H26N2O/c1-12(2)13-4-8-15(9-5-13)19-16-10-6-14(7-11-16)17(20)18-3/h6-7,10-13,15,19H,4-5,8-9H2,1-3H3,(H,18,20). The Labute approximate surface area is 122 Å². The van der Waals surface area contributed by atoms with Crippen LogP contribution in [-0.4, -0.2) is 19.0 Å². The average Bonchev–Trinajstić information content (AvgIpc) is 2.48. The van der Waals surface area contributed by atoms with Gasteiger partial charge in [-0.15, -0.1) is 0 Å². The Morgan fingerprint density at radius 2 is 1.70 bits per heavy atom. The van der Waals surface area contributed by atoms with Crippen LogP contribution in [0.5, 0.6) is 0 Å². The molecule has 2 N–H and O–H groups in total.